The lowest BCUT2D eigenvalue weighted by atomic mass is 9.87. The van der Waals surface area contributed by atoms with Crippen molar-refractivity contribution >= 4 is 12.0 Å². The van der Waals surface area contributed by atoms with E-state index in [-0.39, 0.29) is 29.9 Å². The third kappa shape index (κ3) is 5.13. The van der Waals surface area contributed by atoms with Gasteiger partial charge in [-0.15, -0.1) is 0 Å². The van der Waals surface area contributed by atoms with Crippen molar-refractivity contribution < 1.29 is 19.1 Å². The molecule has 0 aliphatic carbocycles. The largest absolute Gasteiger partial charge is 0.497 e. The number of carbonyl (C=O) groups excluding carboxylic acids is 2. The van der Waals surface area contributed by atoms with Crippen molar-refractivity contribution in [2.24, 2.45) is 5.92 Å². The van der Waals surface area contributed by atoms with Gasteiger partial charge in [-0.25, -0.2) is 4.79 Å². The maximum atomic E-state index is 12.9. The van der Waals surface area contributed by atoms with Gasteiger partial charge in [-0.1, -0.05) is 26.0 Å². The predicted molar refractivity (Wildman–Crippen MR) is 100 cm³/mol. The van der Waals surface area contributed by atoms with Crippen LogP contribution in [0.3, 0.4) is 0 Å². The molecule has 1 aromatic carbocycles. The molecule has 1 atom stereocenters. The minimum Gasteiger partial charge on any atom is -0.497 e. The lowest BCUT2D eigenvalue weighted by Gasteiger charge is -2.33. The first-order valence-corrected chi connectivity index (χ1v) is 9.32. The van der Waals surface area contributed by atoms with Crippen molar-refractivity contribution in [3.8, 4) is 5.75 Å². The molecule has 2 rings (SSSR count). The number of ether oxygens (including phenoxy) is 2. The van der Waals surface area contributed by atoms with E-state index in [4.69, 9.17) is 9.47 Å². The van der Waals surface area contributed by atoms with E-state index in [0.29, 0.717) is 19.7 Å². The van der Waals surface area contributed by atoms with Crippen LogP contribution in [0.1, 0.15) is 45.1 Å². The van der Waals surface area contributed by atoms with Gasteiger partial charge in [0.15, 0.2) is 0 Å². The number of amides is 2. The molecule has 0 bridgehead atoms. The average Bonchev–Trinajstić information content (AvgIpc) is 2.63. The van der Waals surface area contributed by atoms with Gasteiger partial charge in [-0.05, 0) is 43.4 Å². The van der Waals surface area contributed by atoms with E-state index in [0.717, 1.165) is 24.2 Å². The van der Waals surface area contributed by atoms with E-state index in [1.54, 1.807) is 18.9 Å². The van der Waals surface area contributed by atoms with Crippen LogP contribution in [0.15, 0.2) is 24.3 Å². The Hall–Kier alpha value is -2.24. The summed E-state index contributed by atoms with van der Waals surface area (Å²) in [6.45, 7) is 7.51. The Kier molecular flexibility index (Phi) is 7.30. The second-order valence-corrected chi connectivity index (χ2v) is 6.96. The molecule has 0 saturated carbocycles. The molecule has 0 spiro atoms. The molecular formula is C20H30N2O4. The highest BCUT2D eigenvalue weighted by atomic mass is 16.6. The molecular weight excluding hydrogens is 332 g/mol. The van der Waals surface area contributed by atoms with Crippen molar-refractivity contribution in [2.45, 2.75) is 45.6 Å². The third-order valence-electron chi connectivity index (χ3n) is 4.79. The van der Waals surface area contributed by atoms with Gasteiger partial charge in [-0.3, -0.25) is 4.79 Å². The lowest BCUT2D eigenvalue weighted by molar-refractivity contribution is -0.124. The van der Waals surface area contributed by atoms with Gasteiger partial charge in [0.1, 0.15) is 5.75 Å². The Balaban J connectivity index is 1.95. The summed E-state index contributed by atoms with van der Waals surface area (Å²) >= 11 is 0. The molecule has 1 N–H and O–H groups in total. The Morgan fingerprint density at radius 1 is 1.19 bits per heavy atom. The van der Waals surface area contributed by atoms with Gasteiger partial charge in [0.05, 0.1) is 19.6 Å². The fourth-order valence-electron chi connectivity index (χ4n) is 3.36. The summed E-state index contributed by atoms with van der Waals surface area (Å²) in [5.74, 6) is 0.801. The van der Waals surface area contributed by atoms with Crippen molar-refractivity contribution in [3.63, 3.8) is 0 Å². The molecule has 6 heteroatoms. The van der Waals surface area contributed by atoms with Crippen LogP contribution in [0.5, 0.6) is 5.75 Å². The number of likely N-dealkylation sites (tertiary alicyclic amines) is 1. The quantitative estimate of drug-likeness (QED) is 0.844. The van der Waals surface area contributed by atoms with Crippen LogP contribution in [-0.2, 0) is 9.53 Å². The van der Waals surface area contributed by atoms with Crippen LogP contribution in [0.25, 0.3) is 0 Å². The Labute approximate surface area is 155 Å². The zero-order valence-corrected chi connectivity index (χ0v) is 16.2. The van der Waals surface area contributed by atoms with Crippen molar-refractivity contribution in [1.29, 1.82) is 0 Å². The maximum Gasteiger partial charge on any atom is 0.409 e. The average molecular weight is 362 g/mol. The molecule has 1 aromatic rings. The third-order valence-corrected chi connectivity index (χ3v) is 4.79. The van der Waals surface area contributed by atoms with E-state index >= 15 is 0 Å². The summed E-state index contributed by atoms with van der Waals surface area (Å²) in [5, 5.41) is 3.17. The Morgan fingerprint density at radius 3 is 2.31 bits per heavy atom. The summed E-state index contributed by atoms with van der Waals surface area (Å²) < 4.78 is 10.2. The van der Waals surface area contributed by atoms with E-state index in [9.17, 15) is 9.59 Å². The van der Waals surface area contributed by atoms with Crippen LogP contribution >= 0.6 is 0 Å². The normalized spacial score (nSPS) is 16.3. The van der Waals surface area contributed by atoms with Gasteiger partial charge < -0.3 is 19.7 Å². The maximum absolute atomic E-state index is 12.9. The zero-order valence-electron chi connectivity index (χ0n) is 16.2. The smallest absolute Gasteiger partial charge is 0.409 e. The number of nitrogens with zero attached hydrogens (tertiary/aromatic N) is 1. The van der Waals surface area contributed by atoms with Gasteiger partial charge in [0.2, 0.25) is 5.91 Å². The highest BCUT2D eigenvalue weighted by Crippen LogP contribution is 2.27. The van der Waals surface area contributed by atoms with Crippen LogP contribution in [0, 0.1) is 5.92 Å². The van der Waals surface area contributed by atoms with Crippen LogP contribution in [0.4, 0.5) is 4.79 Å². The highest BCUT2D eigenvalue weighted by molar-refractivity contribution is 5.84. The fourth-order valence-corrected chi connectivity index (χ4v) is 3.36. The molecule has 1 unspecified atom stereocenters. The molecule has 2 amide bonds. The van der Waals surface area contributed by atoms with Gasteiger partial charge >= 0.3 is 6.09 Å². The van der Waals surface area contributed by atoms with E-state index in [2.05, 4.69) is 19.2 Å². The number of carbonyl (C=O) groups is 2. The number of rotatable bonds is 6. The van der Waals surface area contributed by atoms with Gasteiger partial charge in [-0.2, -0.15) is 0 Å². The zero-order chi connectivity index (χ0) is 19.1. The SMILES string of the molecule is CCOC(=O)N1CCC(NC(=O)C(c2ccc(OC)cc2)C(C)C)CC1. The highest BCUT2D eigenvalue weighted by Gasteiger charge is 2.29. The molecule has 0 radical (unpaired) electrons. The second-order valence-electron chi connectivity index (χ2n) is 6.96. The molecule has 0 aromatic heterocycles. The number of hydrogen-bond acceptors (Lipinski definition) is 4. The number of benzene rings is 1. The fraction of sp³-hybridized carbons (Fsp3) is 0.600. The summed E-state index contributed by atoms with van der Waals surface area (Å²) in [6.07, 6.45) is 1.23. The predicted octanol–water partition coefficient (Wildman–Crippen LogP) is 3.17. The van der Waals surface area contributed by atoms with Crippen LogP contribution in [-0.4, -0.2) is 49.7 Å². The molecule has 1 saturated heterocycles. The number of methoxy groups -OCH3 is 1. The second kappa shape index (κ2) is 9.46. The topological polar surface area (TPSA) is 67.9 Å². The van der Waals surface area contributed by atoms with E-state index < -0.39 is 0 Å². The monoisotopic (exact) mass is 362 g/mol. The first kappa shape index (κ1) is 20.1. The minimum atomic E-state index is -0.268. The van der Waals surface area contributed by atoms with Crippen molar-refractivity contribution in [1.82, 2.24) is 10.2 Å². The summed E-state index contributed by atoms with van der Waals surface area (Å²) in [5.41, 5.74) is 0.988. The summed E-state index contributed by atoms with van der Waals surface area (Å²) in [7, 11) is 1.63. The molecule has 1 aliphatic rings. The van der Waals surface area contributed by atoms with Crippen molar-refractivity contribution in [3.05, 3.63) is 29.8 Å². The molecule has 1 fully saturated rings. The van der Waals surface area contributed by atoms with Crippen molar-refractivity contribution in [2.75, 3.05) is 26.8 Å². The van der Waals surface area contributed by atoms with Crippen LogP contribution in [0.2, 0.25) is 0 Å². The van der Waals surface area contributed by atoms with Crippen LogP contribution < -0.4 is 10.1 Å². The number of piperidine rings is 1. The minimum absolute atomic E-state index is 0.0414. The molecule has 144 valence electrons. The van der Waals surface area contributed by atoms with Gasteiger partial charge in [0.25, 0.3) is 0 Å². The molecule has 26 heavy (non-hydrogen) atoms. The first-order valence-electron chi connectivity index (χ1n) is 9.32. The number of nitrogens with one attached hydrogen (secondary N) is 1. The lowest BCUT2D eigenvalue weighted by Crippen LogP contribution is -2.48. The first-order chi connectivity index (χ1) is 12.5. The Morgan fingerprint density at radius 2 is 1.81 bits per heavy atom. The Bertz CT molecular complexity index is 592. The summed E-state index contributed by atoms with van der Waals surface area (Å²) in [4.78, 5) is 26.3. The summed E-state index contributed by atoms with van der Waals surface area (Å²) in [6, 6.07) is 7.76. The van der Waals surface area contributed by atoms with E-state index in [1.807, 2.05) is 24.3 Å². The van der Waals surface area contributed by atoms with Gasteiger partial charge in [0, 0.05) is 19.1 Å². The standard InChI is InChI=1S/C20H30N2O4/c1-5-26-20(24)22-12-10-16(11-13-22)21-19(23)18(14(2)3)15-6-8-17(25-4)9-7-15/h6-9,14,16,18H,5,10-13H2,1-4H3,(H,21,23). The van der Waals surface area contributed by atoms with E-state index in [1.165, 1.54) is 0 Å². The molecule has 6 nitrogen and oxygen atoms in total. The molecule has 1 heterocycles. The number of hydrogen-bond donors (Lipinski definition) is 1. The molecule has 1 aliphatic heterocycles.